The van der Waals surface area contributed by atoms with Gasteiger partial charge in [-0.15, -0.1) is 0 Å². The van der Waals surface area contributed by atoms with Crippen LogP contribution in [0.4, 0.5) is 0 Å². The molecule has 0 bridgehead atoms. The summed E-state index contributed by atoms with van der Waals surface area (Å²) < 4.78 is 32.3. The van der Waals surface area contributed by atoms with Crippen LogP contribution in [0.2, 0.25) is 0 Å². The smallest absolute Gasteiger partial charge is 0.267 e. The van der Waals surface area contributed by atoms with Crippen LogP contribution >= 0.6 is 0 Å². The molecular weight excluding hydrogens is 372 g/mol. The van der Waals surface area contributed by atoms with Gasteiger partial charge in [-0.1, -0.05) is 110 Å². The number of rotatable bonds is 21. The van der Waals surface area contributed by atoms with Crippen LogP contribution in [0.5, 0.6) is 0 Å². The Balaban J connectivity index is 3.54. The highest BCUT2D eigenvalue weighted by Gasteiger charge is 2.21. The van der Waals surface area contributed by atoms with E-state index in [2.05, 4.69) is 13.8 Å². The van der Waals surface area contributed by atoms with E-state index in [0.717, 1.165) is 64.2 Å². The minimum absolute atomic E-state index is 0.119. The van der Waals surface area contributed by atoms with Crippen molar-refractivity contribution in [3.05, 3.63) is 0 Å². The van der Waals surface area contributed by atoms with Crippen molar-refractivity contribution in [1.82, 2.24) is 0 Å². The molecule has 170 valence electrons. The summed E-state index contributed by atoms with van der Waals surface area (Å²) in [7, 11) is -3.89. The average Bonchev–Trinajstić information content (AvgIpc) is 2.64. The fourth-order valence-corrected chi connectivity index (χ4v) is 4.76. The van der Waals surface area contributed by atoms with Crippen molar-refractivity contribution in [3.8, 4) is 0 Å². The van der Waals surface area contributed by atoms with Gasteiger partial charge in [-0.3, -0.25) is 4.55 Å². The fourth-order valence-electron chi connectivity index (χ4n) is 3.83. The predicted molar refractivity (Wildman–Crippen MR) is 120 cm³/mol. The standard InChI is InChI=1S/C23H48O4S/c1-3-5-7-11-15-18-22(24)19-16-12-9-8-10-13-17-21-23(28(25,26)27)20-14-6-4-2/h22-24H,3-21H2,1-2H3,(H,25,26,27). The maximum atomic E-state index is 11.5. The molecule has 0 saturated carbocycles. The van der Waals surface area contributed by atoms with Gasteiger partial charge in [0.2, 0.25) is 0 Å². The number of aliphatic hydroxyl groups excluding tert-OH is 1. The Morgan fingerprint density at radius 3 is 1.32 bits per heavy atom. The normalized spacial score (nSPS) is 14.3. The molecule has 0 spiro atoms. The van der Waals surface area contributed by atoms with Crippen molar-refractivity contribution in [2.24, 2.45) is 0 Å². The van der Waals surface area contributed by atoms with E-state index < -0.39 is 15.4 Å². The highest BCUT2D eigenvalue weighted by molar-refractivity contribution is 7.86. The van der Waals surface area contributed by atoms with Gasteiger partial charge in [0.15, 0.2) is 0 Å². The molecule has 28 heavy (non-hydrogen) atoms. The van der Waals surface area contributed by atoms with Gasteiger partial charge in [0.25, 0.3) is 10.1 Å². The largest absolute Gasteiger partial charge is 0.393 e. The molecule has 5 heteroatoms. The molecule has 2 unspecified atom stereocenters. The molecule has 0 aromatic heterocycles. The second kappa shape index (κ2) is 18.9. The third-order valence-corrected chi connectivity index (χ3v) is 7.07. The summed E-state index contributed by atoms with van der Waals surface area (Å²) in [6, 6.07) is 0. The van der Waals surface area contributed by atoms with Crippen LogP contribution in [0.1, 0.15) is 136 Å². The Hall–Kier alpha value is -0.130. The van der Waals surface area contributed by atoms with E-state index in [0.29, 0.717) is 12.8 Å². The van der Waals surface area contributed by atoms with E-state index in [4.69, 9.17) is 0 Å². The Bertz CT molecular complexity index is 422. The van der Waals surface area contributed by atoms with Crippen LogP contribution in [0.15, 0.2) is 0 Å². The molecule has 0 rings (SSSR count). The molecule has 0 aliphatic carbocycles. The van der Waals surface area contributed by atoms with Gasteiger partial charge in [-0.25, -0.2) is 0 Å². The van der Waals surface area contributed by atoms with Gasteiger partial charge in [-0.05, 0) is 25.7 Å². The molecule has 0 heterocycles. The second-order valence-corrected chi connectivity index (χ2v) is 10.2. The van der Waals surface area contributed by atoms with Crippen molar-refractivity contribution < 1.29 is 18.1 Å². The number of unbranched alkanes of at least 4 members (excludes halogenated alkanes) is 12. The average molecular weight is 421 g/mol. The topological polar surface area (TPSA) is 74.6 Å². The molecule has 0 saturated heterocycles. The van der Waals surface area contributed by atoms with Crippen LogP contribution in [0, 0.1) is 0 Å². The van der Waals surface area contributed by atoms with Crippen LogP contribution < -0.4 is 0 Å². The first-order chi connectivity index (χ1) is 13.4. The lowest BCUT2D eigenvalue weighted by Crippen LogP contribution is -2.20. The molecule has 0 amide bonds. The first-order valence-corrected chi connectivity index (χ1v) is 13.6. The van der Waals surface area contributed by atoms with Gasteiger partial charge < -0.3 is 5.11 Å². The third kappa shape index (κ3) is 17.9. The number of aliphatic hydroxyl groups is 1. The third-order valence-electron chi connectivity index (χ3n) is 5.76. The first kappa shape index (κ1) is 27.9. The SMILES string of the molecule is CCCCCCCC(O)CCCCCCCCCC(CCCCC)S(=O)(=O)O. The minimum Gasteiger partial charge on any atom is -0.393 e. The Morgan fingerprint density at radius 2 is 0.893 bits per heavy atom. The van der Waals surface area contributed by atoms with Gasteiger partial charge in [0.05, 0.1) is 11.4 Å². The first-order valence-electron chi connectivity index (χ1n) is 12.1. The predicted octanol–water partition coefficient (Wildman–Crippen LogP) is 7.06. The molecular formula is C23H48O4S. The molecule has 2 atom stereocenters. The van der Waals surface area contributed by atoms with E-state index >= 15 is 0 Å². The van der Waals surface area contributed by atoms with Gasteiger partial charge in [0.1, 0.15) is 0 Å². The van der Waals surface area contributed by atoms with Crippen LogP contribution in [-0.4, -0.2) is 29.4 Å². The molecule has 0 fully saturated rings. The maximum absolute atomic E-state index is 11.5. The van der Waals surface area contributed by atoms with Gasteiger partial charge in [0, 0.05) is 0 Å². The van der Waals surface area contributed by atoms with E-state index in [-0.39, 0.29) is 6.10 Å². The highest BCUT2D eigenvalue weighted by Crippen LogP contribution is 2.19. The Morgan fingerprint density at radius 1 is 0.571 bits per heavy atom. The molecule has 0 aromatic rings. The lowest BCUT2D eigenvalue weighted by molar-refractivity contribution is 0.147. The highest BCUT2D eigenvalue weighted by atomic mass is 32.2. The van der Waals surface area contributed by atoms with Crippen molar-refractivity contribution in [1.29, 1.82) is 0 Å². The second-order valence-electron chi connectivity index (χ2n) is 8.54. The van der Waals surface area contributed by atoms with E-state index in [1.165, 1.54) is 44.9 Å². The Labute approximate surface area is 175 Å². The molecule has 0 aliphatic heterocycles. The van der Waals surface area contributed by atoms with Crippen LogP contribution in [-0.2, 0) is 10.1 Å². The summed E-state index contributed by atoms with van der Waals surface area (Å²) in [6.07, 6.45) is 19.9. The zero-order valence-corrected chi connectivity index (χ0v) is 19.5. The summed E-state index contributed by atoms with van der Waals surface area (Å²) in [5, 5.41) is 9.44. The summed E-state index contributed by atoms with van der Waals surface area (Å²) in [6.45, 7) is 4.32. The summed E-state index contributed by atoms with van der Waals surface area (Å²) in [4.78, 5) is 0. The van der Waals surface area contributed by atoms with E-state index in [1.54, 1.807) is 0 Å². The number of hydrogen-bond donors (Lipinski definition) is 2. The fraction of sp³-hybridized carbons (Fsp3) is 1.00. The van der Waals surface area contributed by atoms with E-state index in [9.17, 15) is 18.1 Å². The van der Waals surface area contributed by atoms with Crippen molar-refractivity contribution in [2.45, 2.75) is 147 Å². The Kier molecular flexibility index (Phi) is 18.8. The van der Waals surface area contributed by atoms with Crippen LogP contribution in [0.25, 0.3) is 0 Å². The van der Waals surface area contributed by atoms with E-state index in [1.807, 2.05) is 0 Å². The zero-order valence-electron chi connectivity index (χ0n) is 18.7. The summed E-state index contributed by atoms with van der Waals surface area (Å²) in [5.41, 5.74) is 0. The number of hydrogen-bond acceptors (Lipinski definition) is 3. The monoisotopic (exact) mass is 420 g/mol. The molecule has 2 N–H and O–H groups in total. The maximum Gasteiger partial charge on any atom is 0.267 e. The van der Waals surface area contributed by atoms with Gasteiger partial charge >= 0.3 is 0 Å². The lowest BCUT2D eigenvalue weighted by Gasteiger charge is -2.13. The molecule has 4 nitrogen and oxygen atoms in total. The minimum atomic E-state index is -3.89. The molecule has 0 aromatic carbocycles. The molecule has 0 aliphatic rings. The van der Waals surface area contributed by atoms with Crippen molar-refractivity contribution >= 4 is 10.1 Å². The lowest BCUT2D eigenvalue weighted by atomic mass is 10.0. The van der Waals surface area contributed by atoms with Crippen LogP contribution in [0.3, 0.4) is 0 Å². The quantitative estimate of drug-likeness (QED) is 0.154. The molecule has 0 radical (unpaired) electrons. The van der Waals surface area contributed by atoms with Crippen molar-refractivity contribution in [3.63, 3.8) is 0 Å². The zero-order chi connectivity index (χ0) is 21.1. The summed E-state index contributed by atoms with van der Waals surface area (Å²) >= 11 is 0. The summed E-state index contributed by atoms with van der Waals surface area (Å²) in [5.74, 6) is 0. The van der Waals surface area contributed by atoms with Gasteiger partial charge in [-0.2, -0.15) is 8.42 Å². The van der Waals surface area contributed by atoms with Crippen molar-refractivity contribution in [2.75, 3.05) is 0 Å².